The van der Waals surface area contributed by atoms with E-state index in [9.17, 15) is 4.79 Å². The minimum atomic E-state index is -1.22. The third kappa shape index (κ3) is 12.9. The SMILES string of the molecule is Cc1nnc(-c2ccc3c(-c4nc(NC5CCCCC5)ncc4C)c[nH]c3n2)s1.Cc1nnc(-c2ccc3c(-c4nc(N[C@H]5CCCN(C(=O)OC(C)(C)C)C5)ncc4C)cn(COCC[Si](C)(C)C)c3n2)s1. The molecule has 1 saturated carbocycles. The number of H-pyrrole nitrogens is 1. The van der Waals surface area contributed by atoms with Crippen molar-refractivity contribution in [1.82, 2.24) is 64.7 Å². The highest BCUT2D eigenvalue weighted by Crippen LogP contribution is 2.35. The van der Waals surface area contributed by atoms with Crippen LogP contribution in [0.3, 0.4) is 0 Å². The zero-order chi connectivity index (χ0) is 51.4. The monoisotopic (exact) mass is 1040 g/mol. The number of nitrogens with one attached hydrogen (secondary N) is 3. The molecular formula is C52H67N15O3S2Si. The molecule has 8 aromatic heterocycles. The van der Waals surface area contributed by atoms with Crippen molar-refractivity contribution in [1.29, 1.82) is 0 Å². The largest absolute Gasteiger partial charge is 0.444 e. The fourth-order valence-electron chi connectivity index (χ4n) is 9.00. The van der Waals surface area contributed by atoms with Crippen molar-refractivity contribution < 1.29 is 14.3 Å². The maximum absolute atomic E-state index is 12.7. The molecule has 18 nitrogen and oxygen atoms in total. The van der Waals surface area contributed by atoms with Gasteiger partial charge in [0.15, 0.2) is 10.0 Å². The van der Waals surface area contributed by atoms with Crippen LogP contribution in [0.4, 0.5) is 16.7 Å². The Hall–Kier alpha value is -6.29. The molecule has 8 aromatic rings. The van der Waals surface area contributed by atoms with E-state index in [1.54, 1.807) is 16.2 Å². The number of amides is 1. The molecule has 0 aromatic carbocycles. The lowest BCUT2D eigenvalue weighted by Crippen LogP contribution is -2.47. The van der Waals surface area contributed by atoms with Crippen LogP contribution in [0.1, 0.15) is 86.9 Å². The third-order valence-electron chi connectivity index (χ3n) is 12.8. The summed E-state index contributed by atoms with van der Waals surface area (Å²) in [5, 5.41) is 29.3. The molecule has 3 N–H and O–H groups in total. The van der Waals surface area contributed by atoms with Crippen LogP contribution in [0.15, 0.2) is 49.1 Å². The topological polar surface area (TPSA) is 212 Å². The van der Waals surface area contributed by atoms with Gasteiger partial charge >= 0.3 is 6.09 Å². The van der Waals surface area contributed by atoms with Gasteiger partial charge in [-0.1, -0.05) is 61.6 Å². The van der Waals surface area contributed by atoms with Crippen LogP contribution in [0.2, 0.25) is 25.7 Å². The Morgan fingerprint density at radius 1 is 0.753 bits per heavy atom. The summed E-state index contributed by atoms with van der Waals surface area (Å²) in [4.78, 5) is 46.5. The molecule has 1 atom stereocenters. The molecule has 0 unspecified atom stereocenters. The number of aromatic nitrogens is 12. The molecule has 384 valence electrons. The average molecular weight is 1040 g/mol. The Morgan fingerprint density at radius 3 is 1.97 bits per heavy atom. The van der Waals surface area contributed by atoms with E-state index >= 15 is 0 Å². The number of pyridine rings is 2. The number of carbonyl (C=O) groups excluding carboxylic acids is 1. The normalized spacial score (nSPS) is 15.6. The van der Waals surface area contributed by atoms with E-state index < -0.39 is 13.7 Å². The molecule has 21 heteroatoms. The number of anilines is 2. The summed E-state index contributed by atoms with van der Waals surface area (Å²) in [5.74, 6) is 1.24. The van der Waals surface area contributed by atoms with Crippen LogP contribution in [-0.2, 0) is 16.2 Å². The first kappa shape index (κ1) is 51.6. The zero-order valence-electron chi connectivity index (χ0n) is 43.7. The minimum absolute atomic E-state index is 0.0209. The number of piperidine rings is 1. The van der Waals surface area contributed by atoms with Crippen molar-refractivity contribution in [2.24, 2.45) is 0 Å². The number of nitrogens with zero attached hydrogens (tertiary/aromatic N) is 12. The zero-order valence-corrected chi connectivity index (χ0v) is 46.3. The van der Waals surface area contributed by atoms with Gasteiger partial charge in [-0.05, 0) is 116 Å². The van der Waals surface area contributed by atoms with Gasteiger partial charge in [0.05, 0.1) is 11.4 Å². The highest BCUT2D eigenvalue weighted by molar-refractivity contribution is 7.14. The standard InChI is InChI=1S/C31H44N8O3SSi.C21H23N7S/c1-20-16-32-29(33-22-10-9-13-38(17-22)30(40)42-31(3,4)5)35-26(20)24-18-39(19-41-14-15-44(6,7)8)27-23(24)11-12-25(34-27)28-37-36-21(2)43-28;1-12-10-23-21(24-14-6-4-3-5-7-14)26-18(12)16-11-22-19-15(16)8-9-17(25-19)20-28-27-13(2)29-20/h11-12,16,18,22H,9-10,13-15,17,19H2,1-8H3,(H,32,33,35);8-11,14H,3-7H2,1-2H3,(H,22,25)(H,23,24,26)/t22-;/m0./s1. The molecule has 2 aliphatic rings. The molecule has 9 heterocycles. The van der Waals surface area contributed by atoms with E-state index in [-0.39, 0.29) is 12.1 Å². The molecule has 0 spiro atoms. The first-order valence-corrected chi connectivity index (χ1v) is 30.6. The van der Waals surface area contributed by atoms with E-state index in [1.165, 1.54) is 43.4 Å². The second-order valence-electron chi connectivity index (χ2n) is 21.3. The van der Waals surface area contributed by atoms with Gasteiger partial charge in [0.1, 0.15) is 45.0 Å². The Bertz CT molecular complexity index is 3200. The lowest BCUT2D eigenvalue weighted by Gasteiger charge is -2.34. The number of fused-ring (bicyclic) bond motifs is 2. The lowest BCUT2D eigenvalue weighted by atomic mass is 9.96. The van der Waals surface area contributed by atoms with Gasteiger partial charge in [-0.15, -0.1) is 20.4 Å². The Kier molecular flexibility index (Phi) is 15.6. The second-order valence-corrected chi connectivity index (χ2v) is 29.3. The van der Waals surface area contributed by atoms with Gasteiger partial charge in [-0.25, -0.2) is 34.7 Å². The van der Waals surface area contributed by atoms with Gasteiger partial charge in [-0.3, -0.25) is 0 Å². The predicted molar refractivity (Wildman–Crippen MR) is 294 cm³/mol. The third-order valence-corrected chi connectivity index (χ3v) is 16.2. The molecule has 0 radical (unpaired) electrons. The average Bonchev–Trinajstić information content (AvgIpc) is 4.18. The number of rotatable bonds is 13. The summed E-state index contributed by atoms with van der Waals surface area (Å²) < 4.78 is 13.8. The number of aryl methyl sites for hydroxylation is 4. The number of hydrogen-bond acceptors (Lipinski definition) is 17. The summed E-state index contributed by atoms with van der Waals surface area (Å²) in [7, 11) is -1.22. The predicted octanol–water partition coefficient (Wildman–Crippen LogP) is 11.7. The van der Waals surface area contributed by atoms with Gasteiger partial charge in [0.2, 0.25) is 11.9 Å². The fraction of sp³-hybridized carbons (Fsp3) is 0.481. The smallest absolute Gasteiger partial charge is 0.410 e. The van der Waals surface area contributed by atoms with Crippen molar-refractivity contribution in [3.63, 3.8) is 0 Å². The first-order chi connectivity index (χ1) is 34.9. The molecular weight excluding hydrogens is 975 g/mol. The second kappa shape index (κ2) is 22.0. The number of aromatic amines is 1. The highest BCUT2D eigenvalue weighted by Gasteiger charge is 2.29. The van der Waals surface area contributed by atoms with Gasteiger partial charge in [0, 0.05) is 86.5 Å². The summed E-state index contributed by atoms with van der Waals surface area (Å²) >= 11 is 3.07. The van der Waals surface area contributed by atoms with E-state index in [0.717, 1.165) is 106 Å². The van der Waals surface area contributed by atoms with Crippen molar-refractivity contribution in [3.8, 4) is 43.9 Å². The molecule has 73 heavy (non-hydrogen) atoms. The maximum Gasteiger partial charge on any atom is 0.410 e. The number of carbonyl (C=O) groups is 1. The quantitative estimate of drug-likeness (QED) is 0.0724. The lowest BCUT2D eigenvalue weighted by molar-refractivity contribution is 0.0206. The number of likely N-dealkylation sites (tertiary alicyclic amines) is 1. The van der Waals surface area contributed by atoms with Crippen molar-refractivity contribution in [3.05, 3.63) is 70.2 Å². The summed E-state index contributed by atoms with van der Waals surface area (Å²) in [6.07, 6.45) is 15.6. The minimum Gasteiger partial charge on any atom is -0.444 e. The van der Waals surface area contributed by atoms with Crippen LogP contribution in [-0.4, -0.2) is 116 Å². The summed E-state index contributed by atoms with van der Waals surface area (Å²) in [6.45, 7) is 23.0. The van der Waals surface area contributed by atoms with Crippen molar-refractivity contribution in [2.75, 3.05) is 30.3 Å². The number of hydrogen-bond donors (Lipinski definition) is 3. The molecule has 1 amide bonds. The molecule has 1 aliphatic heterocycles. The summed E-state index contributed by atoms with van der Waals surface area (Å²) in [6, 6.07) is 9.73. The van der Waals surface area contributed by atoms with Crippen LogP contribution in [0, 0.1) is 27.7 Å². The van der Waals surface area contributed by atoms with Crippen LogP contribution < -0.4 is 10.6 Å². The first-order valence-electron chi connectivity index (χ1n) is 25.3. The molecule has 0 bridgehead atoms. The van der Waals surface area contributed by atoms with Crippen molar-refractivity contribution in [2.45, 2.75) is 144 Å². The molecule has 1 aliphatic carbocycles. The fourth-order valence-corrected chi connectivity index (χ4v) is 11.1. The maximum atomic E-state index is 12.7. The Balaban J connectivity index is 0.000000195. The van der Waals surface area contributed by atoms with E-state index in [1.807, 2.05) is 79.2 Å². The van der Waals surface area contributed by atoms with Crippen LogP contribution in [0.5, 0.6) is 0 Å². The number of ether oxygens (including phenoxy) is 2. The van der Waals surface area contributed by atoms with Gasteiger partial charge < -0.3 is 34.6 Å². The molecule has 2 fully saturated rings. The van der Waals surface area contributed by atoms with Gasteiger partial charge in [0.25, 0.3) is 0 Å². The van der Waals surface area contributed by atoms with Crippen LogP contribution >= 0.6 is 22.7 Å². The van der Waals surface area contributed by atoms with E-state index in [2.05, 4.69) is 88.5 Å². The highest BCUT2D eigenvalue weighted by atomic mass is 32.1. The Morgan fingerprint density at radius 2 is 1.36 bits per heavy atom. The van der Waals surface area contributed by atoms with Gasteiger partial charge in [-0.2, -0.15) is 0 Å². The van der Waals surface area contributed by atoms with E-state index in [4.69, 9.17) is 29.4 Å². The Labute approximate surface area is 435 Å². The molecule has 10 rings (SSSR count). The molecule has 1 saturated heterocycles. The van der Waals surface area contributed by atoms with E-state index in [0.29, 0.717) is 44.4 Å². The van der Waals surface area contributed by atoms with Crippen LogP contribution in [0.25, 0.3) is 66.0 Å². The van der Waals surface area contributed by atoms with Crippen molar-refractivity contribution >= 4 is 70.8 Å². The summed E-state index contributed by atoms with van der Waals surface area (Å²) in [5.41, 5.74) is 8.48.